The van der Waals surface area contributed by atoms with Crippen LogP contribution >= 0.6 is 0 Å². The van der Waals surface area contributed by atoms with Gasteiger partial charge in [-0.3, -0.25) is 9.59 Å². The van der Waals surface area contributed by atoms with Crippen LogP contribution < -0.4 is 5.73 Å². The zero-order chi connectivity index (χ0) is 18.3. The van der Waals surface area contributed by atoms with E-state index >= 15 is 0 Å². The molecule has 1 atom stereocenters. The Morgan fingerprint density at radius 3 is 2.52 bits per heavy atom. The number of esters is 2. The molecular formula is C19H25NO5. The van der Waals surface area contributed by atoms with Gasteiger partial charge in [0.15, 0.2) is 0 Å². The Hall–Kier alpha value is -2.18. The van der Waals surface area contributed by atoms with Crippen LogP contribution in [0.2, 0.25) is 0 Å². The number of ether oxygens (including phenoxy) is 3. The number of carbonyl (C=O) groups excluding carboxylic acids is 2. The summed E-state index contributed by atoms with van der Waals surface area (Å²) in [6.07, 6.45) is 2.63. The molecule has 2 N–H and O–H groups in total. The van der Waals surface area contributed by atoms with Crippen LogP contribution in [-0.4, -0.2) is 38.4 Å². The van der Waals surface area contributed by atoms with E-state index < -0.39 is 11.5 Å². The van der Waals surface area contributed by atoms with Gasteiger partial charge in [-0.05, 0) is 24.0 Å². The molecule has 0 spiro atoms. The van der Waals surface area contributed by atoms with Crippen molar-refractivity contribution in [3.05, 3.63) is 48.0 Å². The van der Waals surface area contributed by atoms with Crippen molar-refractivity contribution in [3.63, 3.8) is 0 Å². The van der Waals surface area contributed by atoms with Gasteiger partial charge in [-0.25, -0.2) is 0 Å². The summed E-state index contributed by atoms with van der Waals surface area (Å²) >= 11 is 0. The zero-order valence-electron chi connectivity index (χ0n) is 14.5. The minimum atomic E-state index is -0.438. The fourth-order valence-corrected chi connectivity index (χ4v) is 2.70. The zero-order valence-corrected chi connectivity index (χ0v) is 14.5. The Kier molecular flexibility index (Phi) is 6.73. The van der Waals surface area contributed by atoms with Crippen LogP contribution in [0.4, 0.5) is 0 Å². The molecule has 1 saturated heterocycles. The van der Waals surface area contributed by atoms with Gasteiger partial charge in [-0.1, -0.05) is 36.9 Å². The predicted octanol–water partition coefficient (Wildman–Crippen LogP) is 2.03. The van der Waals surface area contributed by atoms with E-state index in [-0.39, 0.29) is 25.2 Å². The molecule has 6 heteroatoms. The highest BCUT2D eigenvalue weighted by Gasteiger charge is 2.36. The molecule has 6 nitrogen and oxygen atoms in total. The van der Waals surface area contributed by atoms with Crippen molar-refractivity contribution in [2.24, 2.45) is 5.73 Å². The lowest BCUT2D eigenvalue weighted by atomic mass is 9.86. The van der Waals surface area contributed by atoms with Crippen LogP contribution in [-0.2, 0) is 29.3 Å². The van der Waals surface area contributed by atoms with Gasteiger partial charge < -0.3 is 19.9 Å². The second kappa shape index (κ2) is 8.78. The monoisotopic (exact) mass is 347 g/mol. The molecule has 0 amide bonds. The maximum Gasteiger partial charge on any atom is 0.313 e. The third-order valence-corrected chi connectivity index (χ3v) is 4.18. The Morgan fingerprint density at radius 2 is 2.00 bits per heavy atom. The van der Waals surface area contributed by atoms with E-state index in [2.05, 4.69) is 6.58 Å². The second-order valence-electron chi connectivity index (χ2n) is 6.22. The van der Waals surface area contributed by atoms with E-state index in [9.17, 15) is 9.59 Å². The van der Waals surface area contributed by atoms with Crippen molar-refractivity contribution in [3.8, 4) is 0 Å². The summed E-state index contributed by atoms with van der Waals surface area (Å²) in [6, 6.07) is 7.65. The molecular weight excluding hydrogens is 322 g/mol. The molecule has 1 unspecified atom stereocenters. The fraction of sp³-hybridized carbons (Fsp3) is 0.474. The Labute approximate surface area is 147 Å². The Bertz CT molecular complexity index is 607. The van der Waals surface area contributed by atoms with Crippen LogP contribution in [0.25, 0.3) is 0 Å². The van der Waals surface area contributed by atoms with Crippen LogP contribution in [0.5, 0.6) is 0 Å². The molecule has 1 aliphatic rings. The van der Waals surface area contributed by atoms with Crippen molar-refractivity contribution < 1.29 is 23.8 Å². The highest BCUT2D eigenvalue weighted by Crippen LogP contribution is 2.29. The quantitative estimate of drug-likeness (QED) is 0.418. The van der Waals surface area contributed by atoms with E-state index in [1.165, 1.54) is 13.0 Å². The molecule has 25 heavy (non-hydrogen) atoms. The lowest BCUT2D eigenvalue weighted by Gasteiger charge is -2.38. The molecule has 0 saturated carbocycles. The molecule has 1 aromatic carbocycles. The van der Waals surface area contributed by atoms with Gasteiger partial charge in [0.1, 0.15) is 6.61 Å². The predicted molar refractivity (Wildman–Crippen MR) is 92.9 cm³/mol. The summed E-state index contributed by atoms with van der Waals surface area (Å²) in [5.74, 6) is -1.06. The first-order chi connectivity index (χ1) is 12.0. The van der Waals surface area contributed by atoms with Gasteiger partial charge in [0.25, 0.3) is 0 Å². The van der Waals surface area contributed by atoms with Gasteiger partial charge in [-0.15, -0.1) is 0 Å². The standard InChI is InChI=1S/C19H25NO5/c1-3-10-25-18(22)17(5-4-11-24-14(2)21)15-6-8-16(9-7-15)19(20)12-23-13-19/h3,6-9,17H,1,4-5,10-13,20H2,2H3. The number of benzene rings is 1. The highest BCUT2D eigenvalue weighted by molar-refractivity contribution is 5.78. The van der Waals surface area contributed by atoms with Gasteiger partial charge >= 0.3 is 11.9 Å². The van der Waals surface area contributed by atoms with E-state index in [4.69, 9.17) is 19.9 Å². The molecule has 0 radical (unpaired) electrons. The summed E-state index contributed by atoms with van der Waals surface area (Å²) in [5.41, 5.74) is 7.63. The van der Waals surface area contributed by atoms with Gasteiger partial charge in [-0.2, -0.15) is 0 Å². The van der Waals surface area contributed by atoms with Crippen molar-refractivity contribution in [1.29, 1.82) is 0 Å². The van der Waals surface area contributed by atoms with Crippen LogP contribution in [0.3, 0.4) is 0 Å². The van der Waals surface area contributed by atoms with Crippen LogP contribution in [0.15, 0.2) is 36.9 Å². The first-order valence-corrected chi connectivity index (χ1v) is 8.34. The van der Waals surface area contributed by atoms with Crippen molar-refractivity contribution in [1.82, 2.24) is 0 Å². The van der Waals surface area contributed by atoms with E-state index in [1.54, 1.807) is 0 Å². The number of hydrogen-bond acceptors (Lipinski definition) is 6. The average Bonchev–Trinajstić information content (AvgIpc) is 2.57. The van der Waals surface area contributed by atoms with Crippen molar-refractivity contribution in [2.45, 2.75) is 31.2 Å². The topological polar surface area (TPSA) is 87.9 Å². The Morgan fingerprint density at radius 1 is 1.32 bits per heavy atom. The number of carbonyl (C=O) groups is 2. The SMILES string of the molecule is C=CCOC(=O)C(CCCOC(C)=O)c1ccc(C2(N)COC2)cc1. The van der Waals surface area contributed by atoms with Crippen LogP contribution in [0, 0.1) is 0 Å². The summed E-state index contributed by atoms with van der Waals surface area (Å²) < 4.78 is 15.3. The van der Waals surface area contributed by atoms with Gasteiger partial charge in [0.2, 0.25) is 0 Å². The minimum Gasteiger partial charge on any atom is -0.466 e. The maximum atomic E-state index is 12.4. The fourth-order valence-electron chi connectivity index (χ4n) is 2.70. The molecule has 1 aliphatic heterocycles. The van der Waals surface area contributed by atoms with Crippen LogP contribution in [0.1, 0.15) is 36.8 Å². The first kappa shape index (κ1) is 19.1. The van der Waals surface area contributed by atoms with E-state index in [0.29, 0.717) is 26.1 Å². The molecule has 2 rings (SSSR count). The highest BCUT2D eigenvalue weighted by atomic mass is 16.5. The summed E-state index contributed by atoms with van der Waals surface area (Å²) in [4.78, 5) is 23.2. The number of rotatable bonds is 9. The number of nitrogens with two attached hydrogens (primary N) is 1. The lowest BCUT2D eigenvalue weighted by molar-refractivity contribution is -0.144. The molecule has 0 bridgehead atoms. The normalized spacial score (nSPS) is 16.4. The maximum absolute atomic E-state index is 12.4. The third-order valence-electron chi connectivity index (χ3n) is 4.18. The largest absolute Gasteiger partial charge is 0.466 e. The molecule has 0 aliphatic carbocycles. The van der Waals surface area contributed by atoms with Crippen molar-refractivity contribution in [2.75, 3.05) is 26.4 Å². The lowest BCUT2D eigenvalue weighted by Crippen LogP contribution is -2.54. The molecule has 0 aromatic heterocycles. The van der Waals surface area contributed by atoms with Crippen molar-refractivity contribution >= 4 is 11.9 Å². The first-order valence-electron chi connectivity index (χ1n) is 8.34. The summed E-state index contributed by atoms with van der Waals surface area (Å²) in [5, 5.41) is 0. The molecule has 1 aromatic rings. The average molecular weight is 347 g/mol. The van der Waals surface area contributed by atoms with E-state index in [0.717, 1.165) is 11.1 Å². The molecule has 1 fully saturated rings. The number of hydrogen-bond donors (Lipinski definition) is 1. The molecule has 1 heterocycles. The third kappa shape index (κ3) is 5.14. The smallest absolute Gasteiger partial charge is 0.313 e. The van der Waals surface area contributed by atoms with Gasteiger partial charge in [0.05, 0.1) is 31.3 Å². The molecule has 136 valence electrons. The summed E-state index contributed by atoms with van der Waals surface area (Å²) in [7, 11) is 0. The Balaban J connectivity index is 2.05. The second-order valence-corrected chi connectivity index (χ2v) is 6.22. The minimum absolute atomic E-state index is 0.167. The summed E-state index contributed by atoms with van der Waals surface area (Å²) in [6.45, 7) is 6.36. The van der Waals surface area contributed by atoms with E-state index in [1.807, 2.05) is 24.3 Å². The van der Waals surface area contributed by atoms with Gasteiger partial charge in [0, 0.05) is 6.92 Å².